The van der Waals surface area contributed by atoms with E-state index in [1.54, 1.807) is 18.2 Å². The zero-order valence-corrected chi connectivity index (χ0v) is 16.8. The predicted molar refractivity (Wildman–Crippen MR) is 111 cm³/mol. The number of aromatic nitrogens is 3. The van der Waals surface area contributed by atoms with Gasteiger partial charge in [-0.05, 0) is 30.2 Å². The van der Waals surface area contributed by atoms with Crippen molar-refractivity contribution in [3.8, 4) is 5.75 Å². The number of nitrogens with zero attached hydrogens (tertiary/aromatic N) is 3. The number of aryl methyl sites for hydroxylation is 2. The fraction of sp³-hybridized carbons (Fsp3) is 0.211. The summed E-state index contributed by atoms with van der Waals surface area (Å²) in [6.07, 6.45) is 1.49. The molecule has 0 atom stereocenters. The van der Waals surface area contributed by atoms with Crippen molar-refractivity contribution in [2.24, 2.45) is 0 Å². The SMILES string of the molecule is COc1ccc(NC(=O)CSc2nnc(CCc3ccccc3)n2N)cc1Cl. The predicted octanol–water partition coefficient (Wildman–Crippen LogP) is 3.17. The van der Waals surface area contributed by atoms with Crippen LogP contribution in [0.1, 0.15) is 11.4 Å². The highest BCUT2D eigenvalue weighted by Gasteiger charge is 2.13. The van der Waals surface area contributed by atoms with Gasteiger partial charge in [-0.2, -0.15) is 0 Å². The van der Waals surface area contributed by atoms with Crippen molar-refractivity contribution in [2.45, 2.75) is 18.0 Å². The Hall–Kier alpha value is -2.71. The van der Waals surface area contributed by atoms with Crippen molar-refractivity contribution >= 4 is 35.0 Å². The molecule has 2 aromatic carbocycles. The molecule has 3 aromatic rings. The third-order valence-electron chi connectivity index (χ3n) is 3.98. The summed E-state index contributed by atoms with van der Waals surface area (Å²) >= 11 is 7.29. The molecular weight excluding hydrogens is 398 g/mol. The third kappa shape index (κ3) is 5.17. The number of methoxy groups -OCH3 is 1. The molecule has 0 saturated carbocycles. The first-order chi connectivity index (χ1) is 13.6. The maximum absolute atomic E-state index is 12.2. The van der Waals surface area contributed by atoms with Gasteiger partial charge in [0.25, 0.3) is 0 Å². The molecule has 0 unspecified atom stereocenters. The van der Waals surface area contributed by atoms with Gasteiger partial charge in [-0.15, -0.1) is 10.2 Å². The molecule has 0 aliphatic heterocycles. The first kappa shape index (κ1) is 20.0. The van der Waals surface area contributed by atoms with Crippen molar-refractivity contribution in [1.29, 1.82) is 0 Å². The summed E-state index contributed by atoms with van der Waals surface area (Å²) in [5, 5.41) is 11.9. The Balaban J connectivity index is 1.52. The molecular formula is C19H20ClN5O2S. The van der Waals surface area contributed by atoms with Crippen molar-refractivity contribution in [1.82, 2.24) is 14.9 Å². The summed E-state index contributed by atoms with van der Waals surface area (Å²) in [5.74, 6) is 7.25. The zero-order chi connectivity index (χ0) is 19.9. The average molecular weight is 418 g/mol. The van der Waals surface area contributed by atoms with Gasteiger partial charge in [0.05, 0.1) is 17.9 Å². The normalized spacial score (nSPS) is 10.6. The van der Waals surface area contributed by atoms with Crippen LogP contribution in [-0.2, 0) is 17.6 Å². The van der Waals surface area contributed by atoms with Crippen LogP contribution in [-0.4, -0.2) is 33.6 Å². The summed E-state index contributed by atoms with van der Waals surface area (Å²) in [7, 11) is 1.53. The van der Waals surface area contributed by atoms with Crippen LogP contribution in [0.15, 0.2) is 53.7 Å². The lowest BCUT2D eigenvalue weighted by Crippen LogP contribution is -2.17. The Morgan fingerprint density at radius 3 is 2.71 bits per heavy atom. The number of benzene rings is 2. The van der Waals surface area contributed by atoms with Crippen LogP contribution in [0.3, 0.4) is 0 Å². The van der Waals surface area contributed by atoms with E-state index in [2.05, 4.69) is 27.6 Å². The van der Waals surface area contributed by atoms with Gasteiger partial charge in [-0.3, -0.25) is 4.79 Å². The number of nitrogens with two attached hydrogens (primary N) is 1. The summed E-state index contributed by atoms with van der Waals surface area (Å²) in [5.41, 5.74) is 1.80. The van der Waals surface area contributed by atoms with Gasteiger partial charge in [0.15, 0.2) is 5.82 Å². The molecule has 0 fully saturated rings. The van der Waals surface area contributed by atoms with Gasteiger partial charge in [-0.1, -0.05) is 53.7 Å². The molecule has 1 aromatic heterocycles. The largest absolute Gasteiger partial charge is 0.495 e. The van der Waals surface area contributed by atoms with E-state index in [9.17, 15) is 4.79 Å². The summed E-state index contributed by atoms with van der Waals surface area (Å²) in [4.78, 5) is 12.2. The second kappa shape index (κ2) is 9.48. The van der Waals surface area contributed by atoms with Gasteiger partial charge in [0.1, 0.15) is 5.75 Å². The Morgan fingerprint density at radius 1 is 1.21 bits per heavy atom. The van der Waals surface area contributed by atoms with Gasteiger partial charge in [0, 0.05) is 12.1 Å². The Bertz CT molecular complexity index is 949. The fourth-order valence-corrected chi connectivity index (χ4v) is 3.48. The highest BCUT2D eigenvalue weighted by molar-refractivity contribution is 7.99. The van der Waals surface area contributed by atoms with E-state index in [1.165, 1.54) is 29.1 Å². The lowest BCUT2D eigenvalue weighted by atomic mass is 10.1. The highest BCUT2D eigenvalue weighted by atomic mass is 35.5. The summed E-state index contributed by atoms with van der Waals surface area (Å²) in [6.45, 7) is 0. The molecule has 0 radical (unpaired) electrons. The second-order valence-electron chi connectivity index (χ2n) is 5.94. The Kier molecular flexibility index (Phi) is 6.78. The topological polar surface area (TPSA) is 95.1 Å². The first-order valence-electron chi connectivity index (χ1n) is 8.56. The van der Waals surface area contributed by atoms with Crippen LogP contribution < -0.4 is 15.9 Å². The Morgan fingerprint density at radius 2 is 2.00 bits per heavy atom. The second-order valence-corrected chi connectivity index (χ2v) is 7.29. The summed E-state index contributed by atoms with van der Waals surface area (Å²) in [6, 6.07) is 15.1. The number of nitrogens with one attached hydrogen (secondary N) is 1. The number of carbonyl (C=O) groups is 1. The number of thioether (sulfide) groups is 1. The summed E-state index contributed by atoms with van der Waals surface area (Å²) < 4.78 is 6.53. The van der Waals surface area contributed by atoms with Crippen molar-refractivity contribution in [3.05, 3.63) is 64.9 Å². The number of amides is 1. The molecule has 0 aliphatic rings. The van der Waals surface area contributed by atoms with E-state index < -0.39 is 0 Å². The molecule has 0 aliphatic carbocycles. The molecule has 1 amide bonds. The maximum atomic E-state index is 12.2. The number of rotatable bonds is 8. The number of ether oxygens (including phenoxy) is 1. The van der Waals surface area contributed by atoms with Crippen LogP contribution in [0.4, 0.5) is 5.69 Å². The van der Waals surface area contributed by atoms with E-state index in [4.69, 9.17) is 22.2 Å². The molecule has 146 valence electrons. The molecule has 0 saturated heterocycles. The van der Waals surface area contributed by atoms with Gasteiger partial charge in [0.2, 0.25) is 11.1 Å². The fourth-order valence-electron chi connectivity index (χ4n) is 2.55. The quantitative estimate of drug-likeness (QED) is 0.431. The van der Waals surface area contributed by atoms with E-state index in [0.29, 0.717) is 33.9 Å². The molecule has 1 heterocycles. The lowest BCUT2D eigenvalue weighted by Gasteiger charge is -2.08. The monoisotopic (exact) mass is 417 g/mol. The minimum atomic E-state index is -0.194. The van der Waals surface area contributed by atoms with Crippen molar-refractivity contribution in [2.75, 3.05) is 24.0 Å². The number of anilines is 1. The number of halogens is 1. The first-order valence-corrected chi connectivity index (χ1v) is 9.92. The van der Waals surface area contributed by atoms with Gasteiger partial charge in [-0.25, -0.2) is 4.68 Å². The minimum absolute atomic E-state index is 0.150. The van der Waals surface area contributed by atoms with Crippen LogP contribution >= 0.6 is 23.4 Å². The van der Waals surface area contributed by atoms with E-state index in [0.717, 1.165) is 6.42 Å². The third-order valence-corrected chi connectivity index (χ3v) is 5.22. The molecule has 7 nitrogen and oxygen atoms in total. The maximum Gasteiger partial charge on any atom is 0.234 e. The number of carbonyl (C=O) groups excluding carboxylic acids is 1. The van der Waals surface area contributed by atoms with E-state index >= 15 is 0 Å². The number of nitrogen functional groups attached to an aromatic ring is 1. The standard InChI is InChI=1S/C19H20ClN5O2S/c1-27-16-9-8-14(11-15(16)20)22-18(26)12-28-19-24-23-17(25(19)21)10-7-13-5-3-2-4-6-13/h2-6,8-9,11H,7,10,12,21H2,1H3,(H,22,26). The molecule has 0 spiro atoms. The molecule has 3 N–H and O–H groups in total. The van der Waals surface area contributed by atoms with Crippen LogP contribution in [0.25, 0.3) is 0 Å². The van der Waals surface area contributed by atoms with Gasteiger partial charge >= 0.3 is 0 Å². The molecule has 3 rings (SSSR count). The minimum Gasteiger partial charge on any atom is -0.495 e. The zero-order valence-electron chi connectivity index (χ0n) is 15.3. The number of hydrogen-bond donors (Lipinski definition) is 2. The molecule has 28 heavy (non-hydrogen) atoms. The lowest BCUT2D eigenvalue weighted by molar-refractivity contribution is -0.113. The van der Waals surface area contributed by atoms with Crippen molar-refractivity contribution < 1.29 is 9.53 Å². The van der Waals surface area contributed by atoms with Gasteiger partial charge < -0.3 is 15.9 Å². The average Bonchev–Trinajstić information content (AvgIpc) is 3.05. The smallest absolute Gasteiger partial charge is 0.234 e. The highest BCUT2D eigenvalue weighted by Crippen LogP contribution is 2.27. The van der Waals surface area contributed by atoms with Crippen LogP contribution in [0.5, 0.6) is 5.75 Å². The van der Waals surface area contributed by atoms with Crippen LogP contribution in [0, 0.1) is 0 Å². The Labute approximate surface area is 172 Å². The molecule has 9 heteroatoms. The van der Waals surface area contributed by atoms with E-state index in [1.807, 2.05) is 18.2 Å². The number of hydrogen-bond acceptors (Lipinski definition) is 6. The van der Waals surface area contributed by atoms with Crippen molar-refractivity contribution in [3.63, 3.8) is 0 Å². The van der Waals surface area contributed by atoms with Crippen LogP contribution in [0.2, 0.25) is 5.02 Å². The van der Waals surface area contributed by atoms with E-state index in [-0.39, 0.29) is 11.7 Å². The molecule has 0 bridgehead atoms.